The van der Waals surface area contributed by atoms with E-state index in [1.165, 1.54) is 17.0 Å². The van der Waals surface area contributed by atoms with Crippen LogP contribution >= 0.6 is 11.6 Å². The minimum Gasteiger partial charge on any atom is -0.310 e. The van der Waals surface area contributed by atoms with Crippen LogP contribution in [0, 0.1) is 0 Å². The van der Waals surface area contributed by atoms with Crippen molar-refractivity contribution in [3.8, 4) is 0 Å². The number of hydrogen-bond acceptors (Lipinski definition) is 2. The molecule has 1 aromatic carbocycles. The Hall–Kier alpha value is -1.76. The van der Waals surface area contributed by atoms with Crippen LogP contribution in [0.4, 0.5) is 23.7 Å². The molecule has 0 aromatic heterocycles. The van der Waals surface area contributed by atoms with Crippen LogP contribution in [0.5, 0.6) is 0 Å². The van der Waals surface area contributed by atoms with Gasteiger partial charge in [0.1, 0.15) is 6.04 Å². The molecule has 8 heteroatoms. The maximum atomic E-state index is 12.7. The SMILES string of the molecule is O=C1[C@@H]2C[C@H](Cl)CN2C(=O)N1c1cccc(C(F)(F)F)c1. The molecule has 2 aliphatic rings. The van der Waals surface area contributed by atoms with Gasteiger partial charge in [-0.05, 0) is 24.6 Å². The number of carbonyl (C=O) groups excluding carboxylic acids is 2. The molecule has 1 aromatic rings. The van der Waals surface area contributed by atoms with Crippen LogP contribution in [0.3, 0.4) is 0 Å². The molecule has 2 atom stereocenters. The van der Waals surface area contributed by atoms with Crippen molar-refractivity contribution < 1.29 is 22.8 Å². The predicted octanol–water partition coefficient (Wildman–Crippen LogP) is 2.85. The number of rotatable bonds is 1. The maximum absolute atomic E-state index is 12.7. The van der Waals surface area contributed by atoms with E-state index < -0.39 is 29.7 Å². The van der Waals surface area contributed by atoms with Crippen molar-refractivity contribution in [3.63, 3.8) is 0 Å². The molecule has 2 saturated heterocycles. The first kappa shape index (κ1) is 14.2. The van der Waals surface area contributed by atoms with Gasteiger partial charge in [-0.3, -0.25) is 4.79 Å². The third-order valence-electron chi connectivity index (χ3n) is 3.62. The molecule has 0 aliphatic carbocycles. The van der Waals surface area contributed by atoms with Crippen molar-refractivity contribution in [2.75, 3.05) is 11.4 Å². The summed E-state index contributed by atoms with van der Waals surface area (Å²) in [5.41, 5.74) is -0.969. The van der Waals surface area contributed by atoms with E-state index in [9.17, 15) is 22.8 Å². The summed E-state index contributed by atoms with van der Waals surface area (Å²) in [6, 6.07) is 2.89. The second kappa shape index (κ2) is 4.62. The van der Waals surface area contributed by atoms with E-state index in [2.05, 4.69) is 0 Å². The Morgan fingerprint density at radius 1 is 1.24 bits per heavy atom. The highest BCUT2D eigenvalue weighted by Gasteiger charge is 2.50. The highest BCUT2D eigenvalue weighted by atomic mass is 35.5. The van der Waals surface area contributed by atoms with E-state index in [1.807, 2.05) is 0 Å². The number of benzene rings is 1. The molecular weight excluding hydrogens is 309 g/mol. The summed E-state index contributed by atoms with van der Waals surface area (Å²) in [6.45, 7) is 0.228. The van der Waals surface area contributed by atoms with Crippen LogP contribution < -0.4 is 4.90 Å². The quantitative estimate of drug-likeness (QED) is 0.590. The molecule has 21 heavy (non-hydrogen) atoms. The van der Waals surface area contributed by atoms with Gasteiger partial charge in [-0.25, -0.2) is 9.69 Å². The smallest absolute Gasteiger partial charge is 0.310 e. The molecular formula is C13H10ClF3N2O2. The first-order valence-corrected chi connectivity index (χ1v) is 6.68. The van der Waals surface area contributed by atoms with Crippen LogP contribution in [0.15, 0.2) is 24.3 Å². The van der Waals surface area contributed by atoms with Crippen molar-refractivity contribution in [1.29, 1.82) is 0 Å². The molecule has 0 bridgehead atoms. The Bertz CT molecular complexity index is 596. The predicted molar refractivity (Wildman–Crippen MR) is 69.1 cm³/mol. The van der Waals surface area contributed by atoms with Crippen LogP contribution in [0.25, 0.3) is 0 Å². The molecule has 3 rings (SSSR count). The van der Waals surface area contributed by atoms with Gasteiger partial charge in [0.2, 0.25) is 0 Å². The van der Waals surface area contributed by atoms with Gasteiger partial charge in [0.15, 0.2) is 0 Å². The summed E-state index contributed by atoms with van der Waals surface area (Å²) in [6.07, 6.45) is -4.21. The average molecular weight is 319 g/mol. The van der Waals surface area contributed by atoms with Crippen molar-refractivity contribution >= 4 is 29.2 Å². The largest absolute Gasteiger partial charge is 0.416 e. The molecule has 2 aliphatic heterocycles. The number of hydrogen-bond donors (Lipinski definition) is 0. The minimum atomic E-state index is -4.53. The second-order valence-electron chi connectivity index (χ2n) is 5.01. The number of anilines is 1. The fourth-order valence-corrected chi connectivity index (χ4v) is 2.98. The normalized spacial score (nSPS) is 25.7. The highest BCUT2D eigenvalue weighted by molar-refractivity contribution is 6.25. The summed E-state index contributed by atoms with van der Waals surface area (Å²) in [7, 11) is 0. The zero-order valence-electron chi connectivity index (χ0n) is 10.6. The van der Waals surface area contributed by atoms with Crippen molar-refractivity contribution in [3.05, 3.63) is 29.8 Å². The number of halogens is 4. The standard InChI is InChI=1S/C13H10ClF3N2O2/c14-8-5-10-11(20)19(12(21)18(10)6-8)9-3-1-2-7(4-9)13(15,16)17/h1-4,8,10H,5-6H2/t8-,10-/m0/s1. The van der Waals surface area contributed by atoms with Crippen molar-refractivity contribution in [2.45, 2.75) is 24.0 Å². The Labute approximate surface area is 123 Å². The first-order valence-electron chi connectivity index (χ1n) is 6.25. The summed E-state index contributed by atoms with van der Waals surface area (Å²) in [5.74, 6) is -0.525. The molecule has 2 fully saturated rings. The third-order valence-corrected chi connectivity index (χ3v) is 3.94. The fraction of sp³-hybridized carbons (Fsp3) is 0.385. The van der Waals surface area contributed by atoms with Crippen molar-refractivity contribution in [2.24, 2.45) is 0 Å². The monoisotopic (exact) mass is 318 g/mol. The topological polar surface area (TPSA) is 40.6 Å². The summed E-state index contributed by atoms with van der Waals surface area (Å²) >= 11 is 5.91. The Balaban J connectivity index is 1.95. The van der Waals surface area contributed by atoms with E-state index in [0.29, 0.717) is 6.42 Å². The lowest BCUT2D eigenvalue weighted by Gasteiger charge is -2.17. The Kier molecular flexibility index (Phi) is 3.12. The Morgan fingerprint density at radius 2 is 1.95 bits per heavy atom. The van der Waals surface area contributed by atoms with Crippen LogP contribution in [-0.2, 0) is 11.0 Å². The van der Waals surface area contributed by atoms with E-state index in [0.717, 1.165) is 17.0 Å². The summed E-state index contributed by atoms with van der Waals surface area (Å²) in [5, 5.41) is -0.299. The van der Waals surface area contributed by atoms with E-state index in [-0.39, 0.29) is 17.6 Å². The fourth-order valence-electron chi connectivity index (χ4n) is 2.66. The van der Waals surface area contributed by atoms with E-state index in [1.54, 1.807) is 0 Å². The van der Waals surface area contributed by atoms with Crippen LogP contribution in [0.2, 0.25) is 0 Å². The van der Waals surface area contributed by atoms with Gasteiger partial charge in [0.05, 0.1) is 16.6 Å². The zero-order valence-corrected chi connectivity index (χ0v) is 11.4. The van der Waals surface area contributed by atoms with E-state index in [4.69, 9.17) is 11.6 Å². The number of nitrogens with zero attached hydrogens (tertiary/aromatic N) is 2. The molecule has 2 heterocycles. The van der Waals surface area contributed by atoms with Crippen LogP contribution in [0.1, 0.15) is 12.0 Å². The number of urea groups is 1. The number of alkyl halides is 4. The van der Waals surface area contributed by atoms with E-state index >= 15 is 0 Å². The first-order chi connectivity index (χ1) is 9.79. The van der Waals surface area contributed by atoms with Crippen molar-refractivity contribution in [1.82, 2.24) is 4.90 Å². The zero-order chi connectivity index (χ0) is 15.4. The molecule has 4 nitrogen and oxygen atoms in total. The number of imide groups is 1. The van der Waals surface area contributed by atoms with Crippen LogP contribution in [-0.4, -0.2) is 34.8 Å². The highest BCUT2D eigenvalue weighted by Crippen LogP contribution is 2.36. The van der Waals surface area contributed by atoms with Gasteiger partial charge < -0.3 is 4.90 Å². The maximum Gasteiger partial charge on any atom is 0.416 e. The number of fused-ring (bicyclic) bond motifs is 1. The van der Waals surface area contributed by atoms with Gasteiger partial charge in [-0.1, -0.05) is 6.07 Å². The van der Waals surface area contributed by atoms with Gasteiger partial charge in [0, 0.05) is 6.54 Å². The lowest BCUT2D eigenvalue weighted by Crippen LogP contribution is -2.34. The summed E-state index contributed by atoms with van der Waals surface area (Å²) in [4.78, 5) is 26.5. The molecule has 0 radical (unpaired) electrons. The molecule has 3 amide bonds. The molecule has 0 saturated carbocycles. The van der Waals surface area contributed by atoms with Gasteiger partial charge >= 0.3 is 12.2 Å². The molecule has 0 N–H and O–H groups in total. The molecule has 0 spiro atoms. The lowest BCUT2D eigenvalue weighted by molar-refractivity contribution is -0.137. The third kappa shape index (κ3) is 2.25. The number of carbonyl (C=O) groups is 2. The van der Waals surface area contributed by atoms with Gasteiger partial charge in [-0.15, -0.1) is 11.6 Å². The Morgan fingerprint density at radius 3 is 2.57 bits per heavy atom. The average Bonchev–Trinajstić information content (AvgIpc) is 2.88. The van der Waals surface area contributed by atoms with Gasteiger partial charge in [0.25, 0.3) is 5.91 Å². The molecule has 0 unspecified atom stereocenters. The summed E-state index contributed by atoms with van der Waals surface area (Å²) < 4.78 is 38.1. The lowest BCUT2D eigenvalue weighted by atomic mass is 10.1. The number of amides is 3. The molecule has 112 valence electrons. The second-order valence-corrected chi connectivity index (χ2v) is 5.62. The minimum absolute atomic E-state index is 0.0691. The van der Waals surface area contributed by atoms with Gasteiger partial charge in [-0.2, -0.15) is 13.2 Å².